The fraction of sp³-hybridized carbons (Fsp3) is 0.320. The van der Waals surface area contributed by atoms with Gasteiger partial charge in [0, 0.05) is 32.3 Å². The highest BCUT2D eigenvalue weighted by Crippen LogP contribution is 2.31. The molecule has 166 valence electrons. The molecule has 1 fully saturated rings. The van der Waals surface area contributed by atoms with Crippen LogP contribution in [0.4, 0.5) is 0 Å². The number of ether oxygens (including phenoxy) is 1. The molecule has 3 aromatic rings. The third-order valence-electron chi connectivity index (χ3n) is 5.98. The number of hydrogen-bond acceptors (Lipinski definition) is 5. The number of hydrogen-bond donors (Lipinski definition) is 0. The Morgan fingerprint density at radius 1 is 1.12 bits per heavy atom. The fourth-order valence-electron chi connectivity index (χ4n) is 4.24. The van der Waals surface area contributed by atoms with Gasteiger partial charge in [-0.25, -0.2) is 0 Å². The van der Waals surface area contributed by atoms with E-state index in [1.54, 1.807) is 35.2 Å². The van der Waals surface area contributed by atoms with Gasteiger partial charge >= 0.3 is 0 Å². The zero-order valence-corrected chi connectivity index (χ0v) is 18.3. The Bertz CT molecular complexity index is 1040. The third-order valence-corrected chi connectivity index (χ3v) is 5.98. The third kappa shape index (κ3) is 4.51. The quantitative estimate of drug-likeness (QED) is 0.591. The van der Waals surface area contributed by atoms with Crippen molar-refractivity contribution in [1.29, 1.82) is 0 Å². The number of aromatic nitrogens is 1. The number of furan rings is 1. The predicted molar refractivity (Wildman–Crippen MR) is 119 cm³/mol. The van der Waals surface area contributed by atoms with Crippen LogP contribution in [0.2, 0.25) is 0 Å². The maximum absolute atomic E-state index is 13.5. The van der Waals surface area contributed by atoms with E-state index in [2.05, 4.69) is 4.98 Å². The number of piperidine rings is 1. The summed E-state index contributed by atoms with van der Waals surface area (Å²) < 4.78 is 10.6. The number of rotatable bonds is 6. The second-order valence-electron chi connectivity index (χ2n) is 7.93. The van der Waals surface area contributed by atoms with Gasteiger partial charge in [0.15, 0.2) is 5.76 Å². The van der Waals surface area contributed by atoms with Crippen LogP contribution < -0.4 is 4.74 Å². The van der Waals surface area contributed by atoms with Crippen LogP contribution >= 0.6 is 0 Å². The van der Waals surface area contributed by atoms with Crippen molar-refractivity contribution in [2.24, 2.45) is 5.92 Å². The summed E-state index contributed by atoms with van der Waals surface area (Å²) in [6, 6.07) is 16.5. The zero-order valence-electron chi connectivity index (χ0n) is 18.3. The van der Waals surface area contributed by atoms with E-state index in [1.165, 1.54) is 6.26 Å². The van der Waals surface area contributed by atoms with Crippen molar-refractivity contribution in [1.82, 2.24) is 14.8 Å². The van der Waals surface area contributed by atoms with Gasteiger partial charge in [0.2, 0.25) is 5.91 Å². The van der Waals surface area contributed by atoms with Gasteiger partial charge < -0.3 is 19.0 Å². The molecule has 7 nitrogen and oxygen atoms in total. The van der Waals surface area contributed by atoms with Crippen LogP contribution in [-0.4, -0.2) is 53.8 Å². The molecule has 0 spiro atoms. The van der Waals surface area contributed by atoms with Crippen molar-refractivity contribution in [3.8, 4) is 5.75 Å². The van der Waals surface area contributed by atoms with Crippen LogP contribution in [0.15, 0.2) is 71.5 Å². The summed E-state index contributed by atoms with van der Waals surface area (Å²) in [7, 11) is 3.45. The first-order chi connectivity index (χ1) is 15.6. The van der Waals surface area contributed by atoms with Crippen molar-refractivity contribution in [3.05, 3.63) is 84.1 Å². The van der Waals surface area contributed by atoms with E-state index in [-0.39, 0.29) is 23.8 Å². The Kier molecular flexibility index (Phi) is 6.54. The smallest absolute Gasteiger partial charge is 0.289 e. The minimum atomic E-state index is -0.332. The van der Waals surface area contributed by atoms with Gasteiger partial charge in [-0.15, -0.1) is 0 Å². The van der Waals surface area contributed by atoms with Gasteiger partial charge in [-0.05, 0) is 54.8 Å². The van der Waals surface area contributed by atoms with Crippen molar-refractivity contribution in [2.75, 3.05) is 27.2 Å². The number of methoxy groups -OCH3 is 1. The SMILES string of the molecule is COc1cccc(C(c2ccccn2)N(C)C(=O)C2CCN(C(=O)c3ccco3)CC2)c1. The molecular weight excluding hydrogens is 406 g/mol. The molecule has 2 aromatic heterocycles. The summed E-state index contributed by atoms with van der Waals surface area (Å²) >= 11 is 0. The van der Waals surface area contributed by atoms with Gasteiger partial charge in [-0.2, -0.15) is 0 Å². The summed E-state index contributed by atoms with van der Waals surface area (Å²) in [5.74, 6) is 0.831. The second kappa shape index (κ2) is 9.68. The lowest BCUT2D eigenvalue weighted by molar-refractivity contribution is -0.137. The summed E-state index contributed by atoms with van der Waals surface area (Å²) in [6.07, 6.45) is 4.46. The van der Waals surface area contributed by atoms with Crippen LogP contribution in [-0.2, 0) is 4.79 Å². The molecule has 7 heteroatoms. The Morgan fingerprint density at radius 3 is 2.59 bits per heavy atom. The Morgan fingerprint density at radius 2 is 1.94 bits per heavy atom. The monoisotopic (exact) mass is 433 g/mol. The van der Waals surface area contributed by atoms with Crippen molar-refractivity contribution in [3.63, 3.8) is 0 Å². The molecule has 0 N–H and O–H groups in total. The van der Waals surface area contributed by atoms with E-state index in [9.17, 15) is 9.59 Å². The second-order valence-corrected chi connectivity index (χ2v) is 7.93. The van der Waals surface area contributed by atoms with Crippen LogP contribution in [0, 0.1) is 5.92 Å². The average molecular weight is 434 g/mol. The van der Waals surface area contributed by atoms with Crippen molar-refractivity contribution >= 4 is 11.8 Å². The highest BCUT2D eigenvalue weighted by atomic mass is 16.5. The van der Waals surface area contributed by atoms with E-state index in [4.69, 9.17) is 9.15 Å². The Labute approximate surface area is 187 Å². The number of likely N-dealkylation sites (tertiary alicyclic amines) is 1. The number of benzene rings is 1. The highest BCUT2D eigenvalue weighted by Gasteiger charge is 2.33. The number of nitrogens with zero attached hydrogens (tertiary/aromatic N) is 3. The molecule has 4 rings (SSSR count). The van der Waals surface area contributed by atoms with E-state index in [1.807, 2.05) is 49.5 Å². The number of carbonyl (C=O) groups is 2. The molecule has 3 heterocycles. The van der Waals surface area contributed by atoms with Crippen LogP contribution in [0.25, 0.3) is 0 Å². The van der Waals surface area contributed by atoms with Gasteiger partial charge in [-0.3, -0.25) is 14.6 Å². The van der Waals surface area contributed by atoms with E-state index >= 15 is 0 Å². The number of carbonyl (C=O) groups excluding carboxylic acids is 2. The van der Waals surface area contributed by atoms with Crippen molar-refractivity contribution in [2.45, 2.75) is 18.9 Å². The molecule has 1 saturated heterocycles. The molecule has 2 amide bonds. The topological polar surface area (TPSA) is 75.9 Å². The lowest BCUT2D eigenvalue weighted by Crippen LogP contribution is -2.44. The number of amides is 2. The molecule has 0 radical (unpaired) electrons. The van der Waals surface area contributed by atoms with Crippen LogP contribution in [0.5, 0.6) is 5.75 Å². The molecule has 1 aromatic carbocycles. The minimum absolute atomic E-state index is 0.0496. The molecular formula is C25H27N3O4. The molecule has 0 bridgehead atoms. The molecule has 1 unspecified atom stereocenters. The van der Waals surface area contributed by atoms with E-state index in [0.29, 0.717) is 31.7 Å². The highest BCUT2D eigenvalue weighted by molar-refractivity contribution is 5.91. The summed E-state index contributed by atoms with van der Waals surface area (Å²) in [6.45, 7) is 1.05. The lowest BCUT2D eigenvalue weighted by Gasteiger charge is -2.35. The van der Waals surface area contributed by atoms with Gasteiger partial charge in [-0.1, -0.05) is 18.2 Å². The Balaban J connectivity index is 1.50. The zero-order chi connectivity index (χ0) is 22.5. The summed E-state index contributed by atoms with van der Waals surface area (Å²) in [4.78, 5) is 34.1. The molecule has 1 aliphatic heterocycles. The van der Waals surface area contributed by atoms with Crippen LogP contribution in [0.3, 0.4) is 0 Å². The first-order valence-electron chi connectivity index (χ1n) is 10.7. The molecule has 32 heavy (non-hydrogen) atoms. The molecule has 1 aliphatic rings. The standard InChI is InChI=1S/C25H27N3O4/c1-27(23(21-9-3-4-13-26-21)19-7-5-8-20(17-19)31-2)24(29)18-11-14-28(15-12-18)25(30)22-10-6-16-32-22/h3-10,13,16-18,23H,11-12,14-15H2,1-2H3. The maximum atomic E-state index is 13.5. The number of pyridine rings is 1. The van der Waals surface area contributed by atoms with E-state index in [0.717, 1.165) is 17.0 Å². The lowest BCUT2D eigenvalue weighted by atomic mass is 9.93. The van der Waals surface area contributed by atoms with Crippen LogP contribution in [0.1, 0.15) is 40.7 Å². The van der Waals surface area contributed by atoms with Gasteiger partial charge in [0.1, 0.15) is 5.75 Å². The fourth-order valence-corrected chi connectivity index (χ4v) is 4.24. The summed E-state index contributed by atoms with van der Waals surface area (Å²) in [5, 5.41) is 0. The first-order valence-corrected chi connectivity index (χ1v) is 10.7. The normalized spacial score (nSPS) is 15.2. The first kappa shape index (κ1) is 21.6. The predicted octanol–water partition coefficient (Wildman–Crippen LogP) is 3.78. The average Bonchev–Trinajstić information content (AvgIpc) is 3.39. The van der Waals surface area contributed by atoms with Crippen molar-refractivity contribution < 1.29 is 18.7 Å². The summed E-state index contributed by atoms with van der Waals surface area (Å²) in [5.41, 5.74) is 1.73. The molecule has 0 saturated carbocycles. The molecule has 0 aliphatic carbocycles. The Hall–Kier alpha value is -3.61. The molecule has 1 atom stereocenters. The van der Waals surface area contributed by atoms with Gasteiger partial charge in [0.05, 0.1) is 25.1 Å². The maximum Gasteiger partial charge on any atom is 0.289 e. The largest absolute Gasteiger partial charge is 0.497 e. The minimum Gasteiger partial charge on any atom is -0.497 e. The van der Waals surface area contributed by atoms with Gasteiger partial charge in [0.25, 0.3) is 5.91 Å². The van der Waals surface area contributed by atoms with E-state index < -0.39 is 0 Å².